The molecule has 4 rings (SSSR count). The molecule has 7 heteroatoms. The number of carbonyl (C=O) groups is 2. The van der Waals surface area contributed by atoms with E-state index in [0.717, 1.165) is 44.8 Å². The highest BCUT2D eigenvalue weighted by Crippen LogP contribution is 2.09. The topological polar surface area (TPSA) is 77.8 Å². The standard InChI is InChI=1S/C27H32N4O3/c32-26(24(20-22-8-3-1-4-9-22)29-27(33)25-12-7-19-34-25)28-13-14-30-15-17-31(18-16-30)21-23-10-5-2-6-11-23/h1-12,19,24H,13-18,20-21H2,(H,28,32)(H,29,33). The summed E-state index contributed by atoms with van der Waals surface area (Å²) in [6.07, 6.45) is 1.86. The minimum Gasteiger partial charge on any atom is -0.459 e. The molecule has 1 aromatic heterocycles. The molecule has 2 amide bonds. The van der Waals surface area contributed by atoms with Gasteiger partial charge in [-0.15, -0.1) is 0 Å². The molecule has 1 aliphatic rings. The average Bonchev–Trinajstić information content (AvgIpc) is 3.41. The smallest absolute Gasteiger partial charge is 0.287 e. The molecule has 178 valence electrons. The van der Waals surface area contributed by atoms with E-state index in [4.69, 9.17) is 4.42 Å². The van der Waals surface area contributed by atoms with Crippen LogP contribution in [-0.4, -0.2) is 66.9 Å². The van der Waals surface area contributed by atoms with Crippen molar-refractivity contribution in [2.45, 2.75) is 19.0 Å². The summed E-state index contributed by atoms with van der Waals surface area (Å²) in [4.78, 5) is 30.3. The monoisotopic (exact) mass is 460 g/mol. The second-order valence-electron chi connectivity index (χ2n) is 8.59. The Balaban J connectivity index is 1.24. The van der Waals surface area contributed by atoms with Crippen molar-refractivity contribution in [2.75, 3.05) is 39.3 Å². The lowest BCUT2D eigenvalue weighted by Crippen LogP contribution is -2.51. The van der Waals surface area contributed by atoms with Crippen LogP contribution in [0, 0.1) is 0 Å². The fourth-order valence-electron chi connectivity index (χ4n) is 4.17. The Hall–Kier alpha value is -3.42. The van der Waals surface area contributed by atoms with Gasteiger partial charge in [0, 0.05) is 52.2 Å². The van der Waals surface area contributed by atoms with E-state index in [1.807, 2.05) is 36.4 Å². The zero-order valence-corrected chi connectivity index (χ0v) is 19.4. The third-order valence-corrected chi connectivity index (χ3v) is 6.09. The molecule has 3 aromatic rings. The first-order chi connectivity index (χ1) is 16.7. The largest absolute Gasteiger partial charge is 0.459 e. The zero-order valence-electron chi connectivity index (χ0n) is 19.4. The van der Waals surface area contributed by atoms with Gasteiger partial charge in [0.05, 0.1) is 6.26 Å². The summed E-state index contributed by atoms with van der Waals surface area (Å²) in [6, 6.07) is 22.8. The number of piperazine rings is 1. The van der Waals surface area contributed by atoms with E-state index in [1.54, 1.807) is 12.1 Å². The molecule has 1 unspecified atom stereocenters. The van der Waals surface area contributed by atoms with Crippen LogP contribution in [-0.2, 0) is 17.8 Å². The highest BCUT2D eigenvalue weighted by Gasteiger charge is 2.23. The van der Waals surface area contributed by atoms with Crippen LogP contribution < -0.4 is 10.6 Å². The molecule has 1 atom stereocenters. The number of hydrogen-bond acceptors (Lipinski definition) is 5. The molecule has 34 heavy (non-hydrogen) atoms. The zero-order chi connectivity index (χ0) is 23.6. The first-order valence-electron chi connectivity index (χ1n) is 11.8. The summed E-state index contributed by atoms with van der Waals surface area (Å²) >= 11 is 0. The van der Waals surface area contributed by atoms with Gasteiger partial charge >= 0.3 is 0 Å². The van der Waals surface area contributed by atoms with Gasteiger partial charge in [-0.25, -0.2) is 0 Å². The quantitative estimate of drug-likeness (QED) is 0.486. The number of carbonyl (C=O) groups excluding carboxylic acids is 2. The molecular formula is C27H32N4O3. The van der Waals surface area contributed by atoms with Crippen LogP contribution in [0.25, 0.3) is 0 Å². The van der Waals surface area contributed by atoms with Crippen LogP contribution in [0.4, 0.5) is 0 Å². The van der Waals surface area contributed by atoms with Crippen molar-refractivity contribution in [1.82, 2.24) is 20.4 Å². The minimum atomic E-state index is -0.678. The molecule has 7 nitrogen and oxygen atoms in total. The molecule has 2 heterocycles. The number of amides is 2. The second-order valence-corrected chi connectivity index (χ2v) is 8.59. The van der Waals surface area contributed by atoms with Gasteiger partial charge in [-0.1, -0.05) is 60.7 Å². The maximum absolute atomic E-state index is 13.0. The molecular weight excluding hydrogens is 428 g/mol. The molecule has 2 aromatic carbocycles. The van der Waals surface area contributed by atoms with E-state index in [1.165, 1.54) is 11.8 Å². The molecule has 0 radical (unpaired) electrons. The summed E-state index contributed by atoms with van der Waals surface area (Å²) in [5, 5.41) is 5.83. The second kappa shape index (κ2) is 12.2. The fraction of sp³-hybridized carbons (Fsp3) is 0.333. The van der Waals surface area contributed by atoms with Gasteiger partial charge in [0.2, 0.25) is 5.91 Å². The Morgan fingerprint density at radius 2 is 1.47 bits per heavy atom. The van der Waals surface area contributed by atoms with Gasteiger partial charge in [0.15, 0.2) is 5.76 Å². The molecule has 1 aliphatic heterocycles. The lowest BCUT2D eigenvalue weighted by molar-refractivity contribution is -0.123. The van der Waals surface area contributed by atoms with Crippen molar-refractivity contribution in [3.63, 3.8) is 0 Å². The number of nitrogens with one attached hydrogen (secondary N) is 2. The number of benzene rings is 2. The molecule has 2 N–H and O–H groups in total. The van der Waals surface area contributed by atoms with Crippen LogP contribution in [0.1, 0.15) is 21.7 Å². The van der Waals surface area contributed by atoms with Crippen molar-refractivity contribution >= 4 is 11.8 Å². The Kier molecular flexibility index (Phi) is 8.48. The van der Waals surface area contributed by atoms with Crippen molar-refractivity contribution in [2.24, 2.45) is 0 Å². The van der Waals surface area contributed by atoms with Gasteiger partial charge < -0.3 is 15.1 Å². The van der Waals surface area contributed by atoms with E-state index in [0.29, 0.717) is 13.0 Å². The lowest BCUT2D eigenvalue weighted by atomic mass is 10.1. The molecule has 1 fully saturated rings. The Morgan fingerprint density at radius 3 is 2.12 bits per heavy atom. The Bertz CT molecular complexity index is 1020. The lowest BCUT2D eigenvalue weighted by Gasteiger charge is -2.34. The van der Waals surface area contributed by atoms with E-state index in [-0.39, 0.29) is 11.7 Å². The number of rotatable bonds is 10. The number of furan rings is 1. The molecule has 0 aliphatic carbocycles. The van der Waals surface area contributed by atoms with E-state index < -0.39 is 11.9 Å². The van der Waals surface area contributed by atoms with E-state index in [9.17, 15) is 9.59 Å². The highest BCUT2D eigenvalue weighted by atomic mass is 16.3. The number of nitrogens with zero attached hydrogens (tertiary/aromatic N) is 2. The molecule has 0 saturated carbocycles. The highest BCUT2D eigenvalue weighted by molar-refractivity contribution is 5.95. The van der Waals surface area contributed by atoms with Crippen LogP contribution in [0.5, 0.6) is 0 Å². The predicted molar refractivity (Wildman–Crippen MR) is 131 cm³/mol. The third-order valence-electron chi connectivity index (χ3n) is 6.09. The summed E-state index contributed by atoms with van der Waals surface area (Å²) in [5.41, 5.74) is 2.32. The normalized spacial score (nSPS) is 15.5. The first-order valence-corrected chi connectivity index (χ1v) is 11.8. The van der Waals surface area contributed by atoms with Gasteiger partial charge in [-0.05, 0) is 23.3 Å². The first kappa shape index (κ1) is 23.7. The van der Waals surface area contributed by atoms with Crippen molar-refractivity contribution in [3.8, 4) is 0 Å². The average molecular weight is 461 g/mol. The van der Waals surface area contributed by atoms with Gasteiger partial charge in [0.25, 0.3) is 5.91 Å². The fourth-order valence-corrected chi connectivity index (χ4v) is 4.17. The Labute approximate surface area is 200 Å². The SMILES string of the molecule is O=C(NC(Cc1ccccc1)C(=O)NCCN1CCN(Cc2ccccc2)CC1)c1ccco1. The number of hydrogen-bond donors (Lipinski definition) is 2. The van der Waals surface area contributed by atoms with E-state index in [2.05, 4.69) is 44.7 Å². The van der Waals surface area contributed by atoms with E-state index >= 15 is 0 Å². The predicted octanol–water partition coefficient (Wildman–Crippen LogP) is 2.55. The molecule has 0 bridgehead atoms. The van der Waals surface area contributed by atoms with Gasteiger partial charge in [-0.2, -0.15) is 0 Å². The summed E-state index contributed by atoms with van der Waals surface area (Å²) in [5.74, 6) is -0.388. The third kappa shape index (κ3) is 7.04. The summed E-state index contributed by atoms with van der Waals surface area (Å²) in [6.45, 7) is 6.28. The van der Waals surface area contributed by atoms with Crippen molar-refractivity contribution in [1.29, 1.82) is 0 Å². The Morgan fingerprint density at radius 1 is 0.824 bits per heavy atom. The summed E-state index contributed by atoms with van der Waals surface area (Å²) < 4.78 is 5.18. The van der Waals surface area contributed by atoms with Crippen LogP contribution >= 0.6 is 0 Å². The maximum atomic E-state index is 13.0. The minimum absolute atomic E-state index is 0.188. The summed E-state index contributed by atoms with van der Waals surface area (Å²) in [7, 11) is 0. The van der Waals surface area contributed by atoms with Crippen LogP contribution in [0.15, 0.2) is 83.5 Å². The van der Waals surface area contributed by atoms with Crippen LogP contribution in [0.3, 0.4) is 0 Å². The molecule has 1 saturated heterocycles. The van der Waals surface area contributed by atoms with Gasteiger partial charge in [-0.3, -0.25) is 19.4 Å². The van der Waals surface area contributed by atoms with Crippen molar-refractivity contribution < 1.29 is 14.0 Å². The molecule has 0 spiro atoms. The maximum Gasteiger partial charge on any atom is 0.287 e. The van der Waals surface area contributed by atoms with Crippen molar-refractivity contribution in [3.05, 3.63) is 95.9 Å². The van der Waals surface area contributed by atoms with Crippen LogP contribution in [0.2, 0.25) is 0 Å². The van der Waals surface area contributed by atoms with Gasteiger partial charge in [0.1, 0.15) is 6.04 Å².